The van der Waals surface area contributed by atoms with Crippen molar-refractivity contribution < 1.29 is 14.2 Å². The molecule has 0 atom stereocenters. The Balaban J connectivity index is 1.60. The number of hydrogen-bond acceptors (Lipinski definition) is 4. The van der Waals surface area contributed by atoms with E-state index in [1.165, 1.54) is 0 Å². The lowest BCUT2D eigenvalue weighted by Crippen LogP contribution is -2.09. The van der Waals surface area contributed by atoms with Gasteiger partial charge in [-0.05, 0) is 54.4 Å². The van der Waals surface area contributed by atoms with Crippen LogP contribution < -0.4 is 14.2 Å². The van der Waals surface area contributed by atoms with Crippen molar-refractivity contribution in [1.29, 1.82) is 0 Å². The van der Waals surface area contributed by atoms with E-state index in [-0.39, 0.29) is 0 Å². The molecule has 154 valence electrons. The van der Waals surface area contributed by atoms with Crippen LogP contribution in [-0.2, 0) is 19.6 Å². The topological polar surface area (TPSA) is 45.5 Å². The van der Waals surface area contributed by atoms with E-state index >= 15 is 0 Å². The second-order valence-electron chi connectivity index (χ2n) is 6.85. The van der Waals surface area contributed by atoms with Crippen LogP contribution in [0.4, 0.5) is 0 Å². The van der Waals surface area contributed by atoms with Gasteiger partial charge >= 0.3 is 0 Å². The molecule has 0 saturated carbocycles. The molecule has 0 bridgehead atoms. The molecular weight excluding hydrogens is 400 g/mol. The van der Waals surface area contributed by atoms with Gasteiger partial charge in [-0.25, -0.2) is 4.98 Å². The van der Waals surface area contributed by atoms with Gasteiger partial charge in [0.2, 0.25) is 0 Å². The Morgan fingerprint density at radius 3 is 2.47 bits per heavy atom. The lowest BCUT2D eigenvalue weighted by atomic mass is 10.1. The minimum Gasteiger partial charge on any atom is -0.493 e. The van der Waals surface area contributed by atoms with Gasteiger partial charge in [-0.3, -0.25) is 0 Å². The van der Waals surface area contributed by atoms with E-state index in [4.69, 9.17) is 30.8 Å². The van der Waals surface area contributed by atoms with Crippen molar-refractivity contribution in [1.82, 2.24) is 9.55 Å². The summed E-state index contributed by atoms with van der Waals surface area (Å²) >= 11 is 6.18. The second kappa shape index (κ2) is 9.09. The van der Waals surface area contributed by atoms with Gasteiger partial charge in [0, 0.05) is 11.6 Å². The molecule has 0 amide bonds. The minimum atomic E-state index is 0.377. The van der Waals surface area contributed by atoms with Crippen molar-refractivity contribution >= 4 is 22.6 Å². The number of aromatic nitrogens is 2. The van der Waals surface area contributed by atoms with Crippen LogP contribution in [0.15, 0.2) is 66.7 Å². The summed E-state index contributed by atoms with van der Waals surface area (Å²) in [5.74, 6) is 3.12. The molecule has 1 heterocycles. The molecule has 6 heteroatoms. The first-order valence-corrected chi connectivity index (χ1v) is 10.1. The Bertz CT molecular complexity index is 1140. The van der Waals surface area contributed by atoms with Crippen LogP contribution in [0.2, 0.25) is 5.02 Å². The van der Waals surface area contributed by atoms with Gasteiger partial charge in [0.25, 0.3) is 0 Å². The zero-order valence-electron chi connectivity index (χ0n) is 17.0. The van der Waals surface area contributed by atoms with Crippen LogP contribution in [0.3, 0.4) is 0 Å². The van der Waals surface area contributed by atoms with Gasteiger partial charge in [-0.2, -0.15) is 0 Å². The van der Waals surface area contributed by atoms with Crippen LogP contribution in [-0.4, -0.2) is 23.8 Å². The number of hydrogen-bond donors (Lipinski definition) is 0. The van der Waals surface area contributed by atoms with Gasteiger partial charge in [0.1, 0.15) is 18.2 Å². The largest absolute Gasteiger partial charge is 0.493 e. The lowest BCUT2D eigenvalue weighted by Gasteiger charge is -2.12. The number of benzene rings is 3. The minimum absolute atomic E-state index is 0.377. The van der Waals surface area contributed by atoms with Crippen LogP contribution >= 0.6 is 11.6 Å². The summed E-state index contributed by atoms with van der Waals surface area (Å²) in [7, 11) is 3.28. The zero-order valence-corrected chi connectivity index (χ0v) is 17.7. The molecule has 1 aromatic heterocycles. The highest BCUT2D eigenvalue weighted by atomic mass is 35.5. The van der Waals surface area contributed by atoms with Gasteiger partial charge in [-0.1, -0.05) is 35.9 Å². The van der Waals surface area contributed by atoms with Crippen molar-refractivity contribution in [2.45, 2.75) is 19.6 Å². The predicted octanol–water partition coefficient (Wildman–Crippen LogP) is 5.53. The van der Waals surface area contributed by atoms with Crippen molar-refractivity contribution in [3.8, 4) is 17.2 Å². The third-order valence-electron chi connectivity index (χ3n) is 4.97. The average Bonchev–Trinajstić information content (AvgIpc) is 3.13. The first kappa shape index (κ1) is 20.1. The van der Waals surface area contributed by atoms with Crippen molar-refractivity contribution in [3.05, 3.63) is 83.1 Å². The van der Waals surface area contributed by atoms with E-state index < -0.39 is 0 Å². The maximum Gasteiger partial charge on any atom is 0.160 e. The number of ether oxygens (including phenoxy) is 3. The molecule has 0 fully saturated rings. The van der Waals surface area contributed by atoms with E-state index in [0.29, 0.717) is 11.6 Å². The fraction of sp³-hybridized carbons (Fsp3) is 0.208. The highest BCUT2D eigenvalue weighted by Crippen LogP contribution is 2.28. The van der Waals surface area contributed by atoms with E-state index in [1.54, 1.807) is 14.2 Å². The number of rotatable bonds is 8. The molecule has 0 unspecified atom stereocenters. The standard InChI is InChI=1S/C24H23ClN2O3/c1-28-22-11-8-17(14-23(22)29-2)12-13-27-21-10-9-18(25)15-20(21)26-24(27)16-30-19-6-4-3-5-7-19/h3-11,14-15H,12-13,16H2,1-2H3. The van der Waals surface area contributed by atoms with E-state index in [1.807, 2.05) is 60.7 Å². The summed E-state index contributed by atoms with van der Waals surface area (Å²) in [5, 5.41) is 0.669. The number of methoxy groups -OCH3 is 2. The zero-order chi connectivity index (χ0) is 20.9. The molecule has 5 nitrogen and oxygen atoms in total. The highest BCUT2D eigenvalue weighted by Gasteiger charge is 2.13. The van der Waals surface area contributed by atoms with Gasteiger partial charge < -0.3 is 18.8 Å². The summed E-state index contributed by atoms with van der Waals surface area (Å²) in [6, 6.07) is 21.5. The van der Waals surface area contributed by atoms with Crippen LogP contribution in [0.5, 0.6) is 17.2 Å². The molecule has 0 saturated heterocycles. The van der Waals surface area contributed by atoms with Crippen LogP contribution in [0, 0.1) is 0 Å². The average molecular weight is 423 g/mol. The second-order valence-corrected chi connectivity index (χ2v) is 7.29. The molecule has 4 aromatic rings. The molecule has 0 aliphatic rings. The molecule has 3 aromatic carbocycles. The van der Waals surface area contributed by atoms with Crippen LogP contribution in [0.25, 0.3) is 11.0 Å². The fourth-order valence-corrected chi connectivity index (χ4v) is 3.62. The molecule has 0 aliphatic carbocycles. The number of halogens is 1. The number of imidazole rings is 1. The molecule has 4 rings (SSSR count). The number of aryl methyl sites for hydroxylation is 2. The smallest absolute Gasteiger partial charge is 0.160 e. The summed E-state index contributed by atoms with van der Waals surface area (Å²) in [4.78, 5) is 4.77. The highest BCUT2D eigenvalue weighted by molar-refractivity contribution is 6.31. The third-order valence-corrected chi connectivity index (χ3v) is 5.21. The normalized spacial score (nSPS) is 10.9. The summed E-state index contributed by atoms with van der Waals surface area (Å²) in [6.07, 6.45) is 0.812. The molecule has 0 aliphatic heterocycles. The van der Waals surface area contributed by atoms with Crippen LogP contribution in [0.1, 0.15) is 11.4 Å². The predicted molar refractivity (Wildman–Crippen MR) is 119 cm³/mol. The summed E-state index contributed by atoms with van der Waals surface area (Å²) in [5.41, 5.74) is 3.05. The first-order valence-electron chi connectivity index (χ1n) is 9.71. The fourth-order valence-electron chi connectivity index (χ4n) is 3.45. The molecule has 0 N–H and O–H groups in total. The van der Waals surface area contributed by atoms with Crippen molar-refractivity contribution in [2.75, 3.05) is 14.2 Å². The SMILES string of the molecule is COc1ccc(CCn2c(COc3ccccc3)nc3cc(Cl)ccc32)cc1OC. The van der Waals surface area contributed by atoms with Gasteiger partial charge in [0.15, 0.2) is 11.5 Å². The third kappa shape index (κ3) is 4.36. The van der Waals surface area contributed by atoms with E-state index in [0.717, 1.165) is 52.6 Å². The molecule has 30 heavy (non-hydrogen) atoms. The Morgan fingerprint density at radius 2 is 1.70 bits per heavy atom. The number of nitrogens with zero attached hydrogens (tertiary/aromatic N) is 2. The molecule has 0 radical (unpaired) electrons. The van der Waals surface area contributed by atoms with Gasteiger partial charge in [-0.15, -0.1) is 0 Å². The van der Waals surface area contributed by atoms with Gasteiger partial charge in [0.05, 0.1) is 25.3 Å². The Hall–Kier alpha value is -3.18. The first-order chi connectivity index (χ1) is 14.7. The monoisotopic (exact) mass is 422 g/mol. The summed E-state index contributed by atoms with van der Waals surface area (Å²) < 4.78 is 18.9. The Kier molecular flexibility index (Phi) is 6.10. The number of fused-ring (bicyclic) bond motifs is 1. The lowest BCUT2D eigenvalue weighted by molar-refractivity contribution is 0.290. The Labute approximate surface area is 180 Å². The molecular formula is C24H23ClN2O3. The van der Waals surface area contributed by atoms with Crippen molar-refractivity contribution in [2.24, 2.45) is 0 Å². The van der Waals surface area contributed by atoms with Crippen molar-refractivity contribution in [3.63, 3.8) is 0 Å². The summed E-state index contributed by atoms with van der Waals surface area (Å²) in [6.45, 7) is 1.13. The number of para-hydroxylation sites is 1. The maximum atomic E-state index is 6.18. The Morgan fingerprint density at radius 1 is 0.900 bits per heavy atom. The van der Waals surface area contributed by atoms with E-state index in [9.17, 15) is 0 Å². The molecule has 0 spiro atoms. The quantitative estimate of drug-likeness (QED) is 0.374. The van der Waals surface area contributed by atoms with E-state index in [2.05, 4.69) is 10.6 Å². The maximum absolute atomic E-state index is 6.18.